The molecule has 0 unspecified atom stereocenters. The summed E-state index contributed by atoms with van der Waals surface area (Å²) >= 11 is 0. The van der Waals surface area contributed by atoms with Crippen molar-refractivity contribution in [2.45, 2.75) is 37.9 Å². The van der Waals surface area contributed by atoms with Crippen LogP contribution in [0.2, 0.25) is 0 Å². The van der Waals surface area contributed by atoms with E-state index in [-0.39, 0.29) is 44.8 Å². The van der Waals surface area contributed by atoms with Crippen LogP contribution in [-0.2, 0) is 16.4 Å². The van der Waals surface area contributed by atoms with Crippen LogP contribution in [0.5, 0.6) is 5.75 Å². The number of aliphatic hydroxyl groups excluding tert-OH is 1. The molecule has 0 spiro atoms. The Hall–Kier alpha value is -4.63. The first-order valence-corrected chi connectivity index (χ1v) is 14.8. The molecule has 0 aliphatic carbocycles. The topological polar surface area (TPSA) is 128 Å². The minimum absolute atomic E-state index is 0.103. The van der Waals surface area contributed by atoms with Crippen molar-refractivity contribution in [3.8, 4) is 39.5 Å². The number of hydrogen-bond donors (Lipinski definition) is 2. The molecule has 8 nitrogen and oxygen atoms in total. The first-order valence-electron chi connectivity index (χ1n) is 12.9. The summed E-state index contributed by atoms with van der Waals surface area (Å²) in [6.45, 7) is 2.30. The van der Waals surface area contributed by atoms with E-state index in [4.69, 9.17) is 10.2 Å². The predicted molar refractivity (Wildman–Crippen MR) is 154 cm³/mol. The molecule has 0 saturated heterocycles. The molecular weight excluding hydrogens is 628 g/mol. The van der Waals surface area contributed by atoms with Gasteiger partial charge in [-0.3, -0.25) is 4.99 Å². The Morgan fingerprint density at radius 2 is 1.60 bits per heavy atom. The predicted octanol–water partition coefficient (Wildman–Crippen LogP) is 7.28. The van der Waals surface area contributed by atoms with Crippen molar-refractivity contribution < 1.29 is 49.0 Å². The number of alkyl halides is 6. The van der Waals surface area contributed by atoms with Crippen molar-refractivity contribution in [2.24, 2.45) is 10.7 Å². The van der Waals surface area contributed by atoms with Crippen LogP contribution in [0.3, 0.4) is 0 Å². The average Bonchev–Trinajstić information content (AvgIpc) is 3.32. The van der Waals surface area contributed by atoms with Crippen LogP contribution in [-0.4, -0.2) is 43.0 Å². The van der Waals surface area contributed by atoms with Gasteiger partial charge in [0.2, 0.25) is 0 Å². The van der Waals surface area contributed by atoms with Gasteiger partial charge < -0.3 is 20.0 Å². The second-order valence-corrected chi connectivity index (χ2v) is 11.8. The molecule has 15 heteroatoms. The van der Waals surface area contributed by atoms with Gasteiger partial charge in [0.25, 0.3) is 0 Å². The van der Waals surface area contributed by atoms with Gasteiger partial charge in [0.1, 0.15) is 17.1 Å². The van der Waals surface area contributed by atoms with Crippen molar-refractivity contribution in [3.05, 3.63) is 83.9 Å². The van der Waals surface area contributed by atoms with Crippen LogP contribution < -0.4 is 10.5 Å². The number of ether oxygens (including phenoxy) is 1. The number of rotatable bonds is 8. The fraction of sp³-hybridized carbons (Fsp3) is 0.200. The third-order valence-electron chi connectivity index (χ3n) is 6.29. The fourth-order valence-corrected chi connectivity index (χ4v) is 5.30. The smallest absolute Gasteiger partial charge is 0.440 e. The molecule has 0 bridgehead atoms. The number of benzene rings is 3. The normalized spacial score (nSPS) is 13.3. The van der Waals surface area contributed by atoms with Gasteiger partial charge in [-0.15, -0.1) is 13.2 Å². The van der Waals surface area contributed by atoms with Gasteiger partial charge >= 0.3 is 12.5 Å². The fourth-order valence-electron chi connectivity index (χ4n) is 4.36. The standard InChI is InChI=1S/C30H25F6N3O5S/c1-16(12-26(37)29(31,32)33)38-24-11-8-19(20-4-5-21(15-40)25(14-20)45(3,41)42)13-23(24)27-28(43-17(2)39-27)18-6-9-22(10-7-18)44-30(34,35)36/h4-14,40H,15,37H2,1-3H3. The number of aryl methyl sites for hydroxylation is 1. The van der Waals surface area contributed by atoms with E-state index < -0.39 is 40.4 Å². The molecule has 3 aromatic carbocycles. The van der Waals surface area contributed by atoms with E-state index in [2.05, 4.69) is 14.7 Å². The van der Waals surface area contributed by atoms with Crippen LogP contribution in [0.15, 0.2) is 86.7 Å². The third-order valence-corrected chi connectivity index (χ3v) is 7.47. The van der Waals surface area contributed by atoms with E-state index in [1.165, 1.54) is 44.2 Å². The number of nitrogens with zero attached hydrogens (tertiary/aromatic N) is 2. The summed E-state index contributed by atoms with van der Waals surface area (Å²) in [7, 11) is -3.74. The van der Waals surface area contributed by atoms with Gasteiger partial charge in [0.15, 0.2) is 21.5 Å². The van der Waals surface area contributed by atoms with E-state index in [0.29, 0.717) is 22.8 Å². The Morgan fingerprint density at radius 1 is 1.00 bits per heavy atom. The number of allylic oxidation sites excluding steroid dienone is 2. The molecule has 0 atom stereocenters. The van der Waals surface area contributed by atoms with Gasteiger partial charge in [-0.2, -0.15) is 13.2 Å². The summed E-state index contributed by atoms with van der Waals surface area (Å²) in [4.78, 5) is 8.64. The minimum atomic E-state index is -4.91. The maximum atomic E-state index is 13.1. The van der Waals surface area contributed by atoms with E-state index >= 15 is 0 Å². The largest absolute Gasteiger partial charge is 0.573 e. The first kappa shape index (κ1) is 33.3. The van der Waals surface area contributed by atoms with E-state index in [9.17, 15) is 39.9 Å². The van der Waals surface area contributed by atoms with Gasteiger partial charge in [-0.05, 0) is 72.2 Å². The minimum Gasteiger partial charge on any atom is -0.440 e. The van der Waals surface area contributed by atoms with Gasteiger partial charge in [-0.1, -0.05) is 18.2 Å². The second-order valence-electron chi connectivity index (χ2n) is 9.82. The lowest BCUT2D eigenvalue weighted by Gasteiger charge is -2.13. The summed E-state index contributed by atoms with van der Waals surface area (Å²) in [5.74, 6) is -0.218. The average molecular weight is 654 g/mol. The molecule has 4 aromatic rings. The zero-order chi connectivity index (χ0) is 33.3. The maximum Gasteiger partial charge on any atom is 0.573 e. The third kappa shape index (κ3) is 8.10. The summed E-state index contributed by atoms with van der Waals surface area (Å²) < 4.78 is 112. The number of hydrogen-bond acceptors (Lipinski definition) is 8. The second kappa shape index (κ2) is 12.4. The monoisotopic (exact) mass is 653 g/mol. The van der Waals surface area contributed by atoms with E-state index in [1.54, 1.807) is 18.2 Å². The van der Waals surface area contributed by atoms with Gasteiger partial charge in [0, 0.05) is 30.0 Å². The van der Waals surface area contributed by atoms with E-state index in [1.807, 2.05) is 0 Å². The van der Waals surface area contributed by atoms with Crippen molar-refractivity contribution >= 4 is 21.2 Å². The van der Waals surface area contributed by atoms with Crippen molar-refractivity contribution in [2.75, 3.05) is 6.26 Å². The number of aliphatic imine (C=N–C) groups is 1. The SMILES string of the molecule is CC(C=C(N)C(F)(F)F)=Nc1ccc(-c2ccc(CO)c(S(C)(=O)=O)c2)cc1-c1nc(C)oc1-c1ccc(OC(F)(F)F)cc1. The van der Waals surface area contributed by atoms with Gasteiger partial charge in [-0.25, -0.2) is 13.4 Å². The summed E-state index contributed by atoms with van der Waals surface area (Å²) in [5.41, 5.74) is 5.52. The Labute approximate surface area is 253 Å². The Bertz CT molecular complexity index is 1890. The molecule has 0 fully saturated rings. The van der Waals surface area contributed by atoms with Crippen LogP contribution >= 0.6 is 0 Å². The molecule has 238 valence electrons. The number of halogens is 6. The molecule has 1 heterocycles. The molecule has 0 aliphatic rings. The number of aliphatic hydroxyl groups is 1. The molecule has 45 heavy (non-hydrogen) atoms. The van der Waals surface area contributed by atoms with Crippen LogP contribution in [0.4, 0.5) is 32.0 Å². The molecule has 0 aliphatic heterocycles. The highest BCUT2D eigenvalue weighted by Crippen LogP contribution is 2.41. The summed E-state index contributed by atoms with van der Waals surface area (Å²) in [6, 6.07) is 13.7. The summed E-state index contributed by atoms with van der Waals surface area (Å²) in [6.07, 6.45) is -8.05. The Kier molecular flexibility index (Phi) is 9.17. The highest BCUT2D eigenvalue weighted by atomic mass is 32.2. The van der Waals surface area contributed by atoms with E-state index in [0.717, 1.165) is 18.4 Å². The zero-order valence-corrected chi connectivity index (χ0v) is 24.6. The lowest BCUT2D eigenvalue weighted by molar-refractivity contribution is -0.274. The van der Waals surface area contributed by atoms with Gasteiger partial charge in [0.05, 0.1) is 17.2 Å². The van der Waals surface area contributed by atoms with Crippen molar-refractivity contribution in [1.29, 1.82) is 0 Å². The molecule has 0 saturated carbocycles. The highest BCUT2D eigenvalue weighted by molar-refractivity contribution is 7.90. The lowest BCUT2D eigenvalue weighted by Crippen LogP contribution is -2.20. The van der Waals surface area contributed by atoms with Crippen LogP contribution in [0.1, 0.15) is 18.4 Å². The first-order chi connectivity index (χ1) is 20.9. The number of nitrogens with two attached hydrogens (primary N) is 1. The van der Waals surface area contributed by atoms with Crippen molar-refractivity contribution in [3.63, 3.8) is 0 Å². The molecule has 3 N–H and O–H groups in total. The highest BCUT2D eigenvalue weighted by Gasteiger charge is 2.32. The lowest BCUT2D eigenvalue weighted by atomic mass is 9.97. The molecule has 1 aromatic heterocycles. The summed E-state index contributed by atoms with van der Waals surface area (Å²) in [5, 5.41) is 9.64. The Morgan fingerprint density at radius 3 is 2.18 bits per heavy atom. The molecular formula is C30H25F6N3O5S. The maximum absolute atomic E-state index is 13.1. The molecule has 0 radical (unpaired) electrons. The van der Waals surface area contributed by atoms with Crippen molar-refractivity contribution in [1.82, 2.24) is 4.98 Å². The van der Waals surface area contributed by atoms with Crippen LogP contribution in [0, 0.1) is 6.92 Å². The zero-order valence-electron chi connectivity index (χ0n) is 23.8. The molecule has 4 rings (SSSR count). The number of aromatic nitrogens is 1. The number of oxazole rings is 1. The van der Waals surface area contributed by atoms with Crippen LogP contribution in [0.25, 0.3) is 33.7 Å². The Balaban J connectivity index is 1.93. The molecule has 0 amide bonds. The number of sulfone groups is 1. The quantitative estimate of drug-likeness (QED) is 0.151.